The Morgan fingerprint density at radius 2 is 2.23 bits per heavy atom. The van der Waals surface area contributed by atoms with E-state index in [1.807, 2.05) is 54.1 Å². The highest BCUT2D eigenvalue weighted by atomic mass is 127. The van der Waals surface area contributed by atoms with Gasteiger partial charge in [-0.05, 0) is 12.5 Å². The number of carbonyl (C=O) groups is 1. The molecule has 0 aliphatic heterocycles. The van der Waals surface area contributed by atoms with Gasteiger partial charge in [-0.25, -0.2) is 0 Å². The van der Waals surface area contributed by atoms with Gasteiger partial charge in [0.05, 0.1) is 6.42 Å². The molecule has 0 unspecified atom stereocenters. The van der Waals surface area contributed by atoms with Crippen LogP contribution < -0.4 is 9.06 Å². The molecule has 13 heavy (non-hydrogen) atoms. The number of carbonyl (C=O) groups excluding carboxylic acids is 1. The van der Waals surface area contributed by atoms with Crippen LogP contribution in [0, 0.1) is 0 Å². The molecule has 0 aromatic rings. The first kappa shape index (κ1) is 12.4. The van der Waals surface area contributed by atoms with Gasteiger partial charge in [0.15, 0.2) is 0 Å². The molecule has 0 bridgehead atoms. The fourth-order valence-electron chi connectivity index (χ4n) is 0.665. The summed E-state index contributed by atoms with van der Waals surface area (Å²) in [6, 6.07) is 0. The number of nitrogens with one attached hydrogen (secondary N) is 2. The van der Waals surface area contributed by atoms with Gasteiger partial charge in [-0.15, -0.1) is 0 Å². The lowest BCUT2D eigenvalue weighted by Crippen LogP contribution is -2.29. The lowest BCUT2D eigenvalue weighted by atomic mass is 10.2. The van der Waals surface area contributed by atoms with Crippen LogP contribution in [0.4, 0.5) is 0 Å². The Bertz CT molecular complexity index is 234. The van der Waals surface area contributed by atoms with E-state index in [1.54, 1.807) is 0 Å². The zero-order valence-electron chi connectivity index (χ0n) is 7.51. The second-order valence-corrected chi connectivity index (χ2v) is 2.90. The Labute approximate surface area is 92.4 Å². The number of halogens is 1. The van der Waals surface area contributed by atoms with E-state index in [1.165, 1.54) is 0 Å². The zero-order valence-corrected chi connectivity index (χ0v) is 9.67. The first-order valence-corrected chi connectivity index (χ1v) is 4.90. The second-order valence-electron chi connectivity index (χ2n) is 2.36. The van der Waals surface area contributed by atoms with E-state index in [0.29, 0.717) is 6.42 Å². The summed E-state index contributed by atoms with van der Waals surface area (Å²) in [6.07, 6.45) is 7.78. The molecule has 2 N–H and O–H groups in total. The van der Waals surface area contributed by atoms with Gasteiger partial charge in [0.2, 0.25) is 5.91 Å². The molecule has 0 saturated carbocycles. The van der Waals surface area contributed by atoms with E-state index >= 15 is 0 Å². The Hall–Kier alpha value is -0.620. The van der Waals surface area contributed by atoms with Gasteiger partial charge in [-0.1, -0.05) is 30.9 Å². The fourth-order valence-corrected chi connectivity index (χ4v) is 0.966. The van der Waals surface area contributed by atoms with Crippen molar-refractivity contribution >= 4 is 28.8 Å². The van der Waals surface area contributed by atoms with Crippen molar-refractivity contribution in [3.05, 3.63) is 36.5 Å². The number of amides is 1. The van der Waals surface area contributed by atoms with E-state index in [9.17, 15) is 4.79 Å². The SMILES string of the molecule is C=C(/C=C\C=C/C)CC(=O)NNI. The van der Waals surface area contributed by atoms with Gasteiger partial charge in [0.1, 0.15) is 0 Å². The average Bonchev–Trinajstić information content (AvgIpc) is 2.05. The molecule has 3 nitrogen and oxygen atoms in total. The van der Waals surface area contributed by atoms with Gasteiger partial charge >= 0.3 is 0 Å². The summed E-state index contributed by atoms with van der Waals surface area (Å²) in [4.78, 5) is 11.0. The summed E-state index contributed by atoms with van der Waals surface area (Å²) in [5.41, 5.74) is 3.23. The highest BCUT2D eigenvalue weighted by Crippen LogP contribution is 1.99. The van der Waals surface area contributed by atoms with Crippen LogP contribution in [0.1, 0.15) is 13.3 Å². The topological polar surface area (TPSA) is 41.1 Å². The van der Waals surface area contributed by atoms with Crippen LogP contribution >= 0.6 is 22.9 Å². The molecule has 0 rings (SSSR count). The fraction of sp³-hybridized carbons (Fsp3) is 0.222. The van der Waals surface area contributed by atoms with Crippen LogP contribution in [0.5, 0.6) is 0 Å². The molecule has 0 aromatic heterocycles. The number of rotatable bonds is 5. The quantitative estimate of drug-likeness (QED) is 0.352. The van der Waals surface area contributed by atoms with Crippen LogP contribution in [0.25, 0.3) is 0 Å². The lowest BCUT2D eigenvalue weighted by molar-refractivity contribution is -0.120. The van der Waals surface area contributed by atoms with Crippen molar-refractivity contribution in [3.8, 4) is 0 Å². The van der Waals surface area contributed by atoms with Gasteiger partial charge in [-0.3, -0.25) is 10.2 Å². The van der Waals surface area contributed by atoms with Crippen LogP contribution in [0.3, 0.4) is 0 Å². The average molecular weight is 292 g/mol. The standard InChI is InChI=1S/C9H13IN2O/c1-3-4-5-6-8(2)7-9(13)11-12-10/h3-6,12H,2,7H2,1H3,(H,11,13)/b4-3-,6-5-. The van der Waals surface area contributed by atoms with Crippen molar-refractivity contribution < 1.29 is 4.79 Å². The summed E-state index contributed by atoms with van der Waals surface area (Å²) >= 11 is 1.84. The van der Waals surface area contributed by atoms with Crippen molar-refractivity contribution in [2.24, 2.45) is 0 Å². The normalized spacial score (nSPS) is 10.9. The van der Waals surface area contributed by atoms with Gasteiger partial charge in [0.25, 0.3) is 0 Å². The van der Waals surface area contributed by atoms with Crippen molar-refractivity contribution in [1.29, 1.82) is 0 Å². The molecule has 0 aliphatic rings. The number of allylic oxidation sites excluding steroid dienone is 4. The molecule has 0 spiro atoms. The maximum atomic E-state index is 11.0. The van der Waals surface area contributed by atoms with Crippen LogP contribution in [0.15, 0.2) is 36.5 Å². The summed E-state index contributed by atoms with van der Waals surface area (Å²) in [6.45, 7) is 5.67. The molecule has 1 amide bonds. The Morgan fingerprint density at radius 1 is 1.54 bits per heavy atom. The zero-order chi connectivity index (χ0) is 10.1. The molecular formula is C9H13IN2O. The predicted octanol–water partition coefficient (Wildman–Crippen LogP) is 2.04. The number of hydrogen-bond acceptors (Lipinski definition) is 2. The number of hydrogen-bond donors (Lipinski definition) is 2. The van der Waals surface area contributed by atoms with Gasteiger partial charge in [-0.2, -0.15) is 3.64 Å². The van der Waals surface area contributed by atoms with Crippen molar-refractivity contribution in [2.75, 3.05) is 0 Å². The smallest absolute Gasteiger partial charge is 0.239 e. The molecular weight excluding hydrogens is 279 g/mol. The summed E-state index contributed by atoms with van der Waals surface area (Å²) < 4.78 is 2.53. The summed E-state index contributed by atoms with van der Waals surface area (Å²) in [7, 11) is 0. The maximum Gasteiger partial charge on any atom is 0.239 e. The first-order valence-electron chi connectivity index (χ1n) is 3.82. The minimum Gasteiger partial charge on any atom is -0.282 e. The van der Waals surface area contributed by atoms with E-state index < -0.39 is 0 Å². The molecule has 0 heterocycles. The highest BCUT2D eigenvalue weighted by Gasteiger charge is 1.99. The molecule has 0 aliphatic carbocycles. The van der Waals surface area contributed by atoms with Crippen molar-refractivity contribution in [2.45, 2.75) is 13.3 Å². The molecule has 0 aromatic carbocycles. The molecule has 0 atom stereocenters. The molecule has 4 heteroatoms. The third-order valence-corrected chi connectivity index (χ3v) is 1.48. The third-order valence-electron chi connectivity index (χ3n) is 1.21. The minimum atomic E-state index is -0.0930. The van der Waals surface area contributed by atoms with Crippen LogP contribution in [-0.2, 0) is 4.79 Å². The molecule has 72 valence electrons. The first-order chi connectivity index (χ1) is 6.20. The summed E-state index contributed by atoms with van der Waals surface area (Å²) in [5.74, 6) is -0.0930. The van der Waals surface area contributed by atoms with Crippen LogP contribution in [0.2, 0.25) is 0 Å². The van der Waals surface area contributed by atoms with E-state index in [-0.39, 0.29) is 5.91 Å². The largest absolute Gasteiger partial charge is 0.282 e. The second kappa shape index (κ2) is 8.00. The molecule has 0 radical (unpaired) electrons. The van der Waals surface area contributed by atoms with Crippen molar-refractivity contribution in [1.82, 2.24) is 9.06 Å². The minimum absolute atomic E-state index is 0.0930. The predicted molar refractivity (Wildman–Crippen MR) is 63.0 cm³/mol. The van der Waals surface area contributed by atoms with E-state index in [2.05, 4.69) is 15.6 Å². The monoisotopic (exact) mass is 292 g/mol. The number of hydrazine groups is 1. The van der Waals surface area contributed by atoms with Gasteiger partial charge < -0.3 is 0 Å². The Balaban J connectivity index is 3.80. The highest BCUT2D eigenvalue weighted by molar-refractivity contribution is 14.1. The Morgan fingerprint density at radius 3 is 2.77 bits per heavy atom. The van der Waals surface area contributed by atoms with Crippen molar-refractivity contribution in [3.63, 3.8) is 0 Å². The van der Waals surface area contributed by atoms with E-state index in [0.717, 1.165) is 5.57 Å². The van der Waals surface area contributed by atoms with Gasteiger partial charge in [0, 0.05) is 22.9 Å². The van der Waals surface area contributed by atoms with E-state index in [4.69, 9.17) is 0 Å². The summed E-state index contributed by atoms with van der Waals surface area (Å²) in [5, 5.41) is 0. The maximum absolute atomic E-state index is 11.0. The molecule has 0 saturated heterocycles. The Kier molecular flexibility index (Phi) is 7.62. The lowest BCUT2D eigenvalue weighted by Gasteiger charge is -2.00. The third kappa shape index (κ3) is 7.73. The van der Waals surface area contributed by atoms with Crippen LogP contribution in [-0.4, -0.2) is 5.91 Å². The molecule has 0 fully saturated rings.